The molecule has 1 heterocycles. The third kappa shape index (κ3) is 2.45. The number of carbonyl (C=O) groups excluding carboxylic acids is 3. The molecule has 14 heavy (non-hydrogen) atoms. The van der Waals surface area contributed by atoms with Crippen LogP contribution in [-0.2, 0) is 14.4 Å². The number of nitrogens with two attached hydrogens (primary N) is 1. The number of likely N-dealkylation sites (tertiary alicyclic amines) is 1. The molecule has 0 saturated carbocycles. The van der Waals surface area contributed by atoms with Crippen LogP contribution in [0.1, 0.15) is 12.8 Å². The zero-order valence-corrected chi connectivity index (χ0v) is 7.66. The lowest BCUT2D eigenvalue weighted by atomic mass is 10.2. The number of primary amides is 1. The predicted molar refractivity (Wildman–Crippen MR) is 47.6 cm³/mol. The number of amides is 3. The smallest absolute Gasteiger partial charge is 0.312 e. The molecule has 0 aliphatic carbocycles. The summed E-state index contributed by atoms with van der Waals surface area (Å²) in [5.74, 6) is -0.942. The average Bonchev–Trinajstić information content (AvgIpc) is 2.61. The Kier molecular flexibility index (Phi) is 3.44. The summed E-state index contributed by atoms with van der Waals surface area (Å²) in [7, 11) is 0. The summed E-state index contributed by atoms with van der Waals surface area (Å²) in [6.45, 7) is 0.347. The molecule has 1 radical (unpaired) electrons. The van der Waals surface area contributed by atoms with Gasteiger partial charge in [0.25, 0.3) is 0 Å². The Balaban J connectivity index is 2.43. The van der Waals surface area contributed by atoms with Crippen LogP contribution in [-0.4, -0.2) is 42.3 Å². The molecule has 0 spiro atoms. The fraction of sp³-hybridized carbons (Fsp3) is 0.625. The number of carbonyl (C=O) groups is 2. The van der Waals surface area contributed by atoms with E-state index in [4.69, 9.17) is 5.73 Å². The Labute approximate surface area is 81.4 Å². The molecule has 3 N–H and O–H groups in total. The van der Waals surface area contributed by atoms with Gasteiger partial charge in [-0.2, -0.15) is 0 Å². The van der Waals surface area contributed by atoms with E-state index in [1.54, 1.807) is 6.41 Å². The van der Waals surface area contributed by atoms with E-state index in [0.717, 1.165) is 6.42 Å². The Morgan fingerprint density at radius 2 is 2.29 bits per heavy atom. The quantitative estimate of drug-likeness (QED) is 0.553. The number of hydrogen-bond acceptors (Lipinski definition) is 3. The van der Waals surface area contributed by atoms with Gasteiger partial charge in [-0.3, -0.25) is 14.4 Å². The van der Waals surface area contributed by atoms with Crippen molar-refractivity contribution in [1.82, 2.24) is 10.2 Å². The van der Waals surface area contributed by atoms with E-state index in [0.29, 0.717) is 13.0 Å². The van der Waals surface area contributed by atoms with E-state index < -0.39 is 11.9 Å². The van der Waals surface area contributed by atoms with Crippen LogP contribution in [0, 0.1) is 0 Å². The third-order valence-electron chi connectivity index (χ3n) is 2.11. The fourth-order valence-electron chi connectivity index (χ4n) is 1.44. The number of rotatable bonds is 4. The van der Waals surface area contributed by atoms with Crippen LogP contribution in [0.25, 0.3) is 0 Å². The van der Waals surface area contributed by atoms with Crippen molar-refractivity contribution in [2.24, 2.45) is 5.73 Å². The van der Waals surface area contributed by atoms with Gasteiger partial charge in [0.05, 0.1) is 6.54 Å². The molecule has 1 rings (SSSR count). The number of hydrogen-bond donors (Lipinski definition) is 2. The van der Waals surface area contributed by atoms with Crippen molar-refractivity contribution >= 4 is 18.2 Å². The van der Waals surface area contributed by atoms with Crippen molar-refractivity contribution in [1.29, 1.82) is 0 Å². The first-order valence-electron chi connectivity index (χ1n) is 4.35. The highest BCUT2D eigenvalue weighted by atomic mass is 16.2. The van der Waals surface area contributed by atoms with Gasteiger partial charge in [-0.1, -0.05) is 0 Å². The normalized spacial score (nSPS) is 20.6. The molecule has 0 aromatic rings. The van der Waals surface area contributed by atoms with Crippen molar-refractivity contribution in [3.63, 3.8) is 0 Å². The van der Waals surface area contributed by atoms with E-state index in [9.17, 15) is 14.4 Å². The van der Waals surface area contributed by atoms with Crippen LogP contribution >= 0.6 is 0 Å². The van der Waals surface area contributed by atoms with Crippen molar-refractivity contribution in [2.75, 3.05) is 13.1 Å². The molecule has 77 valence electrons. The minimum absolute atomic E-state index is 0.192. The van der Waals surface area contributed by atoms with E-state index in [-0.39, 0.29) is 12.5 Å². The van der Waals surface area contributed by atoms with Crippen LogP contribution in [0.15, 0.2) is 0 Å². The van der Waals surface area contributed by atoms with Crippen LogP contribution in [0.5, 0.6) is 0 Å². The van der Waals surface area contributed by atoms with Crippen molar-refractivity contribution in [2.45, 2.75) is 18.9 Å². The van der Waals surface area contributed by atoms with Crippen LogP contribution in [0.4, 0.5) is 0 Å². The zero-order chi connectivity index (χ0) is 10.6. The van der Waals surface area contributed by atoms with Gasteiger partial charge in [0, 0.05) is 6.54 Å². The molecule has 6 heteroatoms. The monoisotopic (exact) mass is 198 g/mol. The lowest BCUT2D eigenvalue weighted by molar-refractivity contribution is -0.127. The summed E-state index contributed by atoms with van der Waals surface area (Å²) in [5.41, 5.74) is 4.86. The highest BCUT2D eigenvalue weighted by Crippen LogP contribution is 2.14. The molecular formula is C8H12N3O3. The minimum Gasteiger partial charge on any atom is -0.368 e. The Bertz CT molecular complexity index is 254. The average molecular weight is 198 g/mol. The molecule has 0 bridgehead atoms. The van der Waals surface area contributed by atoms with Crippen LogP contribution < -0.4 is 11.1 Å². The first kappa shape index (κ1) is 10.5. The number of nitrogens with one attached hydrogen (secondary N) is 1. The molecule has 0 aromatic heterocycles. The summed E-state index contributed by atoms with van der Waals surface area (Å²) in [5, 5.41) is 2.35. The van der Waals surface area contributed by atoms with Crippen molar-refractivity contribution in [3.05, 3.63) is 0 Å². The Morgan fingerprint density at radius 3 is 2.86 bits per heavy atom. The first-order chi connectivity index (χ1) is 6.65. The molecule has 1 atom stereocenters. The van der Waals surface area contributed by atoms with Crippen molar-refractivity contribution in [3.8, 4) is 0 Å². The highest BCUT2D eigenvalue weighted by Gasteiger charge is 2.29. The molecular weight excluding hydrogens is 186 g/mol. The standard InChI is InChI=1S/C8H12N3O3/c9-7(13)4-10-8(14)6-2-1-3-11(6)5-12/h6H,1-4H2,(H2,9,13)(H,10,14). The molecule has 0 aromatic carbocycles. The second-order valence-electron chi connectivity index (χ2n) is 3.13. The number of nitrogens with zero attached hydrogens (tertiary/aromatic N) is 1. The third-order valence-corrected chi connectivity index (χ3v) is 2.11. The zero-order valence-electron chi connectivity index (χ0n) is 7.66. The highest BCUT2D eigenvalue weighted by molar-refractivity contribution is 5.88. The lowest BCUT2D eigenvalue weighted by Gasteiger charge is -2.17. The van der Waals surface area contributed by atoms with Gasteiger partial charge >= 0.3 is 6.41 Å². The molecule has 6 nitrogen and oxygen atoms in total. The van der Waals surface area contributed by atoms with E-state index in [2.05, 4.69) is 5.32 Å². The van der Waals surface area contributed by atoms with E-state index in [1.165, 1.54) is 4.90 Å². The van der Waals surface area contributed by atoms with Crippen molar-refractivity contribution < 1.29 is 14.4 Å². The molecule has 1 fully saturated rings. The summed E-state index contributed by atoms with van der Waals surface area (Å²) >= 11 is 0. The lowest BCUT2D eigenvalue weighted by Crippen LogP contribution is -2.45. The van der Waals surface area contributed by atoms with Gasteiger partial charge in [-0.05, 0) is 12.8 Å². The molecule has 1 aliphatic rings. The Morgan fingerprint density at radius 1 is 1.57 bits per heavy atom. The molecule has 1 unspecified atom stereocenters. The largest absolute Gasteiger partial charge is 0.368 e. The minimum atomic E-state index is -0.599. The van der Waals surface area contributed by atoms with Gasteiger partial charge in [0.15, 0.2) is 0 Å². The van der Waals surface area contributed by atoms with Gasteiger partial charge in [-0.25, -0.2) is 0 Å². The summed E-state index contributed by atoms with van der Waals surface area (Å²) in [6, 6.07) is -0.494. The van der Waals surface area contributed by atoms with Gasteiger partial charge < -0.3 is 16.0 Å². The van der Waals surface area contributed by atoms with Gasteiger partial charge in [-0.15, -0.1) is 0 Å². The maximum Gasteiger partial charge on any atom is 0.312 e. The summed E-state index contributed by atoms with van der Waals surface area (Å²) in [6.07, 6.45) is 3.08. The van der Waals surface area contributed by atoms with Crippen LogP contribution in [0.3, 0.4) is 0 Å². The summed E-state index contributed by atoms with van der Waals surface area (Å²) < 4.78 is 0. The predicted octanol–water partition coefficient (Wildman–Crippen LogP) is -1.88. The van der Waals surface area contributed by atoms with Crippen LogP contribution in [0.2, 0.25) is 0 Å². The maximum atomic E-state index is 11.4. The molecule has 1 saturated heterocycles. The second-order valence-corrected chi connectivity index (χ2v) is 3.13. The second kappa shape index (κ2) is 4.59. The van der Waals surface area contributed by atoms with E-state index >= 15 is 0 Å². The SMILES string of the molecule is NC(=O)CNC(=O)C1CCCN1[C]=O. The van der Waals surface area contributed by atoms with E-state index in [1.807, 2.05) is 0 Å². The molecule has 1 aliphatic heterocycles. The topological polar surface area (TPSA) is 92.5 Å². The first-order valence-corrected chi connectivity index (χ1v) is 4.35. The summed E-state index contributed by atoms with van der Waals surface area (Å²) in [4.78, 5) is 33.5. The Hall–Kier alpha value is -1.59. The maximum absolute atomic E-state index is 11.4. The molecule has 3 amide bonds. The van der Waals surface area contributed by atoms with Gasteiger partial charge in [0.2, 0.25) is 11.8 Å². The fourth-order valence-corrected chi connectivity index (χ4v) is 1.44. The van der Waals surface area contributed by atoms with Gasteiger partial charge in [0.1, 0.15) is 6.04 Å².